The average Bonchev–Trinajstić information content (AvgIpc) is 1.85. The Balaban J connectivity index is 2.57. The predicted octanol–water partition coefficient (Wildman–Crippen LogP) is -1.50. The highest BCUT2D eigenvalue weighted by Crippen LogP contribution is 1.99. The van der Waals surface area contributed by atoms with Crippen molar-refractivity contribution in [1.29, 1.82) is 0 Å². The minimum absolute atomic E-state index is 0.120. The van der Waals surface area contributed by atoms with Crippen molar-refractivity contribution in [3.63, 3.8) is 0 Å². The molecule has 62 valence electrons. The molecule has 5 heteroatoms. The fraction of sp³-hybridized carbons (Fsp3) is 0.667. The van der Waals surface area contributed by atoms with Crippen LogP contribution in [0.25, 0.3) is 0 Å². The number of nitrogens with zero attached hydrogens (tertiary/aromatic N) is 1. The molecule has 11 heavy (non-hydrogen) atoms. The van der Waals surface area contributed by atoms with Crippen LogP contribution >= 0.6 is 0 Å². The summed E-state index contributed by atoms with van der Waals surface area (Å²) in [5.74, 6) is -1.02. The second-order valence-electron chi connectivity index (χ2n) is 2.57. The van der Waals surface area contributed by atoms with Crippen molar-refractivity contribution in [2.24, 2.45) is 0 Å². The van der Waals surface area contributed by atoms with Crippen LogP contribution in [0, 0.1) is 0 Å². The van der Waals surface area contributed by atoms with Gasteiger partial charge in [-0.1, -0.05) is 0 Å². The molecule has 0 saturated carbocycles. The number of aliphatic carboxylic acids is 1. The van der Waals surface area contributed by atoms with Gasteiger partial charge in [-0.15, -0.1) is 0 Å². The highest BCUT2D eigenvalue weighted by molar-refractivity contribution is 5.83. The number of carbonyl (C=O) groups excluding carboxylic acids is 1. The molecule has 1 saturated heterocycles. The van der Waals surface area contributed by atoms with Crippen molar-refractivity contribution in [3.05, 3.63) is 0 Å². The largest absolute Gasteiger partial charge is 0.480 e. The molecule has 0 aromatic rings. The van der Waals surface area contributed by atoms with E-state index in [1.165, 1.54) is 4.90 Å². The lowest BCUT2D eigenvalue weighted by molar-refractivity contribution is -0.145. The number of hydrogen-bond acceptors (Lipinski definition) is 3. The third kappa shape index (κ3) is 1.68. The molecule has 2 N–H and O–H groups in total. The van der Waals surface area contributed by atoms with Crippen LogP contribution in [0.4, 0.5) is 0 Å². The van der Waals surface area contributed by atoms with Crippen LogP contribution in [0.1, 0.15) is 0 Å². The van der Waals surface area contributed by atoms with Crippen LogP contribution in [0.2, 0.25) is 0 Å². The Labute approximate surface area is 64.0 Å². The Morgan fingerprint density at radius 3 is 2.91 bits per heavy atom. The van der Waals surface area contributed by atoms with Crippen molar-refractivity contribution < 1.29 is 14.7 Å². The minimum Gasteiger partial charge on any atom is -0.480 e. The second kappa shape index (κ2) is 2.87. The SMILES string of the molecule is CN1CC(=O)NCC1C(=O)O. The first-order chi connectivity index (χ1) is 5.11. The molecular weight excluding hydrogens is 148 g/mol. The molecule has 1 heterocycles. The number of hydrogen-bond donors (Lipinski definition) is 2. The normalized spacial score (nSPS) is 26.3. The van der Waals surface area contributed by atoms with Gasteiger partial charge in [0.2, 0.25) is 5.91 Å². The van der Waals surface area contributed by atoms with E-state index in [2.05, 4.69) is 5.32 Å². The van der Waals surface area contributed by atoms with Gasteiger partial charge in [0.25, 0.3) is 0 Å². The number of amides is 1. The summed E-state index contributed by atoms with van der Waals surface area (Å²) >= 11 is 0. The summed E-state index contributed by atoms with van der Waals surface area (Å²) in [7, 11) is 1.62. The molecule has 0 aliphatic carbocycles. The van der Waals surface area contributed by atoms with Gasteiger partial charge in [-0.25, -0.2) is 0 Å². The Bertz CT molecular complexity index is 192. The van der Waals surface area contributed by atoms with Crippen LogP contribution in [-0.2, 0) is 9.59 Å². The van der Waals surface area contributed by atoms with Crippen LogP contribution < -0.4 is 5.32 Å². The van der Waals surface area contributed by atoms with E-state index in [4.69, 9.17) is 5.11 Å². The van der Waals surface area contributed by atoms with Gasteiger partial charge in [0, 0.05) is 6.54 Å². The number of carbonyl (C=O) groups is 2. The molecule has 1 amide bonds. The van der Waals surface area contributed by atoms with Crippen LogP contribution in [0.15, 0.2) is 0 Å². The zero-order chi connectivity index (χ0) is 8.43. The molecule has 1 rings (SSSR count). The van der Waals surface area contributed by atoms with Gasteiger partial charge in [0.05, 0.1) is 6.54 Å². The summed E-state index contributed by atoms with van der Waals surface area (Å²) in [6, 6.07) is -0.576. The van der Waals surface area contributed by atoms with Gasteiger partial charge in [-0.3, -0.25) is 14.5 Å². The molecule has 0 aromatic carbocycles. The molecular formula is C6H10N2O3. The van der Waals surface area contributed by atoms with E-state index in [0.29, 0.717) is 0 Å². The van der Waals surface area contributed by atoms with Gasteiger partial charge in [0.15, 0.2) is 0 Å². The van der Waals surface area contributed by atoms with Gasteiger partial charge in [0.1, 0.15) is 6.04 Å². The molecule has 1 atom stereocenters. The first-order valence-corrected chi connectivity index (χ1v) is 3.31. The molecule has 1 aliphatic rings. The average molecular weight is 158 g/mol. The van der Waals surface area contributed by atoms with Crippen LogP contribution in [0.5, 0.6) is 0 Å². The topological polar surface area (TPSA) is 69.6 Å². The number of carboxylic acid groups (broad SMARTS) is 1. The van der Waals surface area contributed by atoms with E-state index in [-0.39, 0.29) is 19.0 Å². The van der Waals surface area contributed by atoms with Gasteiger partial charge >= 0.3 is 5.97 Å². The second-order valence-corrected chi connectivity index (χ2v) is 2.57. The number of nitrogens with one attached hydrogen (secondary N) is 1. The summed E-state index contributed by atoms with van der Waals surface area (Å²) in [6.45, 7) is 0.363. The van der Waals surface area contributed by atoms with E-state index >= 15 is 0 Å². The zero-order valence-electron chi connectivity index (χ0n) is 6.20. The number of carboxylic acids is 1. The first kappa shape index (κ1) is 8.00. The predicted molar refractivity (Wildman–Crippen MR) is 37.1 cm³/mol. The maximum Gasteiger partial charge on any atom is 0.322 e. The van der Waals surface area contributed by atoms with Crippen molar-refractivity contribution >= 4 is 11.9 Å². The molecule has 0 bridgehead atoms. The van der Waals surface area contributed by atoms with Crippen molar-refractivity contribution in [1.82, 2.24) is 10.2 Å². The first-order valence-electron chi connectivity index (χ1n) is 3.31. The lowest BCUT2D eigenvalue weighted by atomic mass is 10.2. The van der Waals surface area contributed by atoms with E-state index in [1.54, 1.807) is 7.05 Å². The van der Waals surface area contributed by atoms with Gasteiger partial charge < -0.3 is 10.4 Å². The summed E-state index contributed by atoms with van der Waals surface area (Å²) in [5.41, 5.74) is 0. The van der Waals surface area contributed by atoms with Gasteiger partial charge in [-0.2, -0.15) is 0 Å². The van der Waals surface area contributed by atoms with E-state index in [1.807, 2.05) is 0 Å². The zero-order valence-corrected chi connectivity index (χ0v) is 6.20. The Hall–Kier alpha value is -1.10. The summed E-state index contributed by atoms with van der Waals surface area (Å²) in [5, 5.41) is 11.1. The molecule has 1 aliphatic heterocycles. The highest BCUT2D eigenvalue weighted by atomic mass is 16.4. The monoisotopic (exact) mass is 158 g/mol. The maximum absolute atomic E-state index is 10.7. The fourth-order valence-corrected chi connectivity index (χ4v) is 1.03. The quantitative estimate of drug-likeness (QED) is 0.487. The molecule has 0 aromatic heterocycles. The smallest absolute Gasteiger partial charge is 0.322 e. The maximum atomic E-state index is 10.7. The molecule has 1 fully saturated rings. The van der Waals surface area contributed by atoms with Gasteiger partial charge in [-0.05, 0) is 7.05 Å². The lowest BCUT2D eigenvalue weighted by Crippen LogP contribution is -2.55. The van der Waals surface area contributed by atoms with Crippen molar-refractivity contribution in [3.8, 4) is 0 Å². The Kier molecular flexibility index (Phi) is 2.09. The standard InChI is InChI=1S/C6H10N2O3/c1-8-3-5(9)7-2-4(8)6(10)11/h4H,2-3H2,1H3,(H,7,9)(H,10,11). The van der Waals surface area contributed by atoms with E-state index < -0.39 is 12.0 Å². The molecule has 0 spiro atoms. The van der Waals surface area contributed by atoms with Crippen molar-refractivity contribution in [2.45, 2.75) is 6.04 Å². The number of piperazine rings is 1. The van der Waals surface area contributed by atoms with Crippen LogP contribution in [-0.4, -0.2) is 48.1 Å². The van der Waals surface area contributed by atoms with E-state index in [0.717, 1.165) is 0 Å². The van der Waals surface area contributed by atoms with E-state index in [9.17, 15) is 9.59 Å². The molecule has 5 nitrogen and oxygen atoms in total. The third-order valence-electron chi connectivity index (χ3n) is 1.70. The van der Waals surface area contributed by atoms with Crippen molar-refractivity contribution in [2.75, 3.05) is 20.1 Å². The summed E-state index contributed by atoms with van der Waals surface area (Å²) in [6.07, 6.45) is 0. The third-order valence-corrected chi connectivity index (χ3v) is 1.70. The number of likely N-dealkylation sites (N-methyl/N-ethyl adjacent to an activating group) is 1. The lowest BCUT2D eigenvalue weighted by Gasteiger charge is -2.28. The highest BCUT2D eigenvalue weighted by Gasteiger charge is 2.28. The molecule has 1 unspecified atom stereocenters. The summed E-state index contributed by atoms with van der Waals surface area (Å²) < 4.78 is 0. The minimum atomic E-state index is -0.896. The summed E-state index contributed by atoms with van der Waals surface area (Å²) in [4.78, 5) is 22.7. The Morgan fingerprint density at radius 2 is 2.45 bits per heavy atom. The van der Waals surface area contributed by atoms with Crippen LogP contribution in [0.3, 0.4) is 0 Å². The molecule has 0 radical (unpaired) electrons. The number of rotatable bonds is 1. The Morgan fingerprint density at radius 1 is 1.82 bits per heavy atom. The fourth-order valence-electron chi connectivity index (χ4n) is 1.03.